The number of amides is 2. The van der Waals surface area contributed by atoms with E-state index in [1.807, 2.05) is 39.0 Å². The largest absolute Gasteiger partial charge is 0.446 e. The van der Waals surface area contributed by atoms with E-state index in [0.717, 1.165) is 37.4 Å². The van der Waals surface area contributed by atoms with E-state index >= 15 is 0 Å². The van der Waals surface area contributed by atoms with E-state index in [1.54, 1.807) is 16.7 Å². The summed E-state index contributed by atoms with van der Waals surface area (Å²) in [6.07, 6.45) is 0.594. The third kappa shape index (κ3) is 5.56. The Balaban J connectivity index is 1.84. The summed E-state index contributed by atoms with van der Waals surface area (Å²) in [5, 5.41) is 6.95. The van der Waals surface area contributed by atoms with Crippen LogP contribution in [0.1, 0.15) is 45.6 Å². The Labute approximate surface area is 185 Å². The van der Waals surface area contributed by atoms with Crippen molar-refractivity contribution in [3.63, 3.8) is 0 Å². The van der Waals surface area contributed by atoms with Gasteiger partial charge < -0.3 is 26.0 Å². The lowest BCUT2D eigenvalue weighted by Crippen LogP contribution is -2.51. The summed E-state index contributed by atoms with van der Waals surface area (Å²) >= 11 is 0. The topological polar surface area (TPSA) is 99.9 Å². The number of benzene rings is 1. The summed E-state index contributed by atoms with van der Waals surface area (Å²) in [5.74, 6) is 0.738. The Kier molecular flexibility index (Phi) is 7.91. The molecule has 8 heteroatoms. The first-order valence-electron chi connectivity index (χ1n) is 11.3. The molecule has 0 bridgehead atoms. The lowest BCUT2D eigenvalue weighted by Gasteiger charge is -2.40. The summed E-state index contributed by atoms with van der Waals surface area (Å²) in [5.41, 5.74) is 8.60. The maximum absolute atomic E-state index is 12.8. The fourth-order valence-electron chi connectivity index (χ4n) is 4.50. The van der Waals surface area contributed by atoms with Crippen LogP contribution in [0.2, 0.25) is 0 Å². The zero-order valence-electron chi connectivity index (χ0n) is 19.2. The van der Waals surface area contributed by atoms with Crippen molar-refractivity contribution in [2.75, 3.05) is 49.1 Å². The molecule has 0 aromatic heterocycles. The van der Waals surface area contributed by atoms with Gasteiger partial charge in [-0.2, -0.15) is 0 Å². The first kappa shape index (κ1) is 23.5. The van der Waals surface area contributed by atoms with E-state index in [-0.39, 0.29) is 30.1 Å². The van der Waals surface area contributed by atoms with Crippen LogP contribution < -0.4 is 26.2 Å². The van der Waals surface area contributed by atoms with Crippen LogP contribution in [0.25, 0.3) is 0 Å². The predicted molar refractivity (Wildman–Crippen MR) is 124 cm³/mol. The van der Waals surface area contributed by atoms with Crippen molar-refractivity contribution in [1.29, 1.82) is 0 Å². The summed E-state index contributed by atoms with van der Waals surface area (Å²) in [4.78, 5) is 28.5. The maximum Gasteiger partial charge on any atom is 0.414 e. The first-order valence-corrected chi connectivity index (χ1v) is 11.3. The van der Waals surface area contributed by atoms with E-state index in [0.29, 0.717) is 24.7 Å². The highest BCUT2D eigenvalue weighted by Gasteiger charge is 2.35. The Morgan fingerprint density at radius 3 is 2.71 bits per heavy atom. The molecule has 0 spiro atoms. The van der Waals surface area contributed by atoms with Gasteiger partial charge in [-0.1, -0.05) is 6.07 Å². The van der Waals surface area contributed by atoms with Crippen molar-refractivity contribution in [2.24, 2.45) is 11.7 Å². The van der Waals surface area contributed by atoms with Crippen LogP contribution in [0.4, 0.5) is 16.2 Å². The molecule has 3 atom stereocenters. The quantitative estimate of drug-likeness (QED) is 0.611. The summed E-state index contributed by atoms with van der Waals surface area (Å²) in [7, 11) is 0. The van der Waals surface area contributed by atoms with Crippen molar-refractivity contribution in [3.05, 3.63) is 23.8 Å². The van der Waals surface area contributed by atoms with E-state index in [2.05, 4.69) is 10.6 Å². The molecule has 1 aromatic rings. The minimum absolute atomic E-state index is 0.0411. The van der Waals surface area contributed by atoms with Crippen LogP contribution in [0.3, 0.4) is 0 Å². The van der Waals surface area contributed by atoms with Crippen molar-refractivity contribution in [1.82, 2.24) is 10.6 Å². The fourth-order valence-corrected chi connectivity index (χ4v) is 4.50. The maximum atomic E-state index is 12.8. The molecular weight excluding hydrogens is 394 g/mol. The number of carbonyl (C=O) groups is 2. The molecule has 8 nitrogen and oxygen atoms in total. The minimum Gasteiger partial charge on any atom is -0.446 e. The lowest BCUT2D eigenvalue weighted by molar-refractivity contribution is -0.117. The van der Waals surface area contributed by atoms with Crippen LogP contribution in [-0.4, -0.2) is 63.4 Å². The van der Waals surface area contributed by atoms with Crippen LogP contribution in [-0.2, 0) is 9.53 Å². The SMILES string of the molecule is CC(=O)N1c2ccc(C(CN)CNC[C@@H]3CCNC3)cc2N(C(=O)OC(C)C)C[C@@H]1C. The van der Waals surface area contributed by atoms with Gasteiger partial charge in [-0.3, -0.25) is 9.69 Å². The second kappa shape index (κ2) is 10.4. The van der Waals surface area contributed by atoms with Gasteiger partial charge in [0.05, 0.1) is 23.5 Å². The summed E-state index contributed by atoms with van der Waals surface area (Å²) < 4.78 is 5.48. The number of nitrogens with one attached hydrogen (secondary N) is 2. The standard InChI is InChI=1S/C23H37N5O3/c1-15(2)31-23(30)27-14-16(3)28(17(4)29)21-6-5-19(9-22(21)27)20(10-24)13-26-12-18-7-8-25-11-18/h5-6,9,15-16,18,20,25-26H,7-8,10-14,24H2,1-4H3/t16-,18+,20?/m0/s1. The van der Waals surface area contributed by atoms with Crippen molar-refractivity contribution in [3.8, 4) is 0 Å². The van der Waals surface area contributed by atoms with Gasteiger partial charge in [-0.05, 0) is 70.4 Å². The van der Waals surface area contributed by atoms with Crippen molar-refractivity contribution in [2.45, 2.75) is 52.2 Å². The zero-order chi connectivity index (χ0) is 22.5. The molecule has 1 saturated heterocycles. The number of nitrogens with zero attached hydrogens (tertiary/aromatic N) is 2. The molecule has 2 aliphatic heterocycles. The molecule has 4 N–H and O–H groups in total. The number of ether oxygens (including phenoxy) is 1. The van der Waals surface area contributed by atoms with E-state index in [4.69, 9.17) is 10.5 Å². The summed E-state index contributed by atoms with van der Waals surface area (Å²) in [6, 6.07) is 5.81. The molecule has 2 heterocycles. The van der Waals surface area contributed by atoms with Gasteiger partial charge >= 0.3 is 6.09 Å². The van der Waals surface area contributed by atoms with Gasteiger partial charge in [-0.25, -0.2) is 4.79 Å². The normalized spacial score (nSPS) is 21.9. The molecule has 0 saturated carbocycles. The number of rotatable bonds is 7. The number of hydrogen-bond donors (Lipinski definition) is 3. The highest BCUT2D eigenvalue weighted by molar-refractivity contribution is 6.02. The lowest BCUT2D eigenvalue weighted by atomic mass is 9.95. The Hall–Kier alpha value is -2.16. The Bertz CT molecular complexity index is 778. The second-order valence-electron chi connectivity index (χ2n) is 8.98. The van der Waals surface area contributed by atoms with Crippen LogP contribution in [0.5, 0.6) is 0 Å². The first-order chi connectivity index (χ1) is 14.8. The molecular formula is C23H37N5O3. The third-order valence-corrected chi connectivity index (χ3v) is 6.08. The highest BCUT2D eigenvalue weighted by atomic mass is 16.6. The van der Waals surface area contributed by atoms with Gasteiger partial charge in [0.1, 0.15) is 0 Å². The monoisotopic (exact) mass is 431 g/mol. The van der Waals surface area contributed by atoms with Gasteiger partial charge in [0.15, 0.2) is 0 Å². The highest BCUT2D eigenvalue weighted by Crippen LogP contribution is 2.38. The molecule has 0 radical (unpaired) electrons. The van der Waals surface area contributed by atoms with Crippen LogP contribution >= 0.6 is 0 Å². The Morgan fingerprint density at radius 1 is 1.32 bits per heavy atom. The molecule has 2 amide bonds. The van der Waals surface area contributed by atoms with Crippen molar-refractivity contribution < 1.29 is 14.3 Å². The minimum atomic E-state index is -0.389. The number of hydrogen-bond acceptors (Lipinski definition) is 6. The molecule has 1 aromatic carbocycles. The number of carbonyl (C=O) groups excluding carboxylic acids is 2. The second-order valence-corrected chi connectivity index (χ2v) is 8.98. The smallest absolute Gasteiger partial charge is 0.414 e. The van der Waals surface area contributed by atoms with E-state index in [9.17, 15) is 9.59 Å². The van der Waals surface area contributed by atoms with E-state index in [1.165, 1.54) is 6.42 Å². The number of nitrogens with two attached hydrogens (primary N) is 1. The van der Waals surface area contributed by atoms with Gasteiger partial charge in [-0.15, -0.1) is 0 Å². The zero-order valence-corrected chi connectivity index (χ0v) is 19.2. The molecule has 1 fully saturated rings. The van der Waals surface area contributed by atoms with Crippen molar-refractivity contribution >= 4 is 23.4 Å². The number of anilines is 2. The molecule has 0 aliphatic carbocycles. The molecule has 31 heavy (non-hydrogen) atoms. The fraction of sp³-hybridized carbons (Fsp3) is 0.652. The van der Waals surface area contributed by atoms with Crippen LogP contribution in [0.15, 0.2) is 18.2 Å². The van der Waals surface area contributed by atoms with Crippen LogP contribution in [0, 0.1) is 5.92 Å². The molecule has 1 unspecified atom stereocenters. The number of fused-ring (bicyclic) bond motifs is 1. The Morgan fingerprint density at radius 2 is 2.10 bits per heavy atom. The third-order valence-electron chi connectivity index (χ3n) is 6.08. The van der Waals surface area contributed by atoms with Gasteiger partial charge in [0.25, 0.3) is 0 Å². The molecule has 2 aliphatic rings. The van der Waals surface area contributed by atoms with Gasteiger partial charge in [0.2, 0.25) is 5.91 Å². The predicted octanol–water partition coefficient (Wildman–Crippen LogP) is 2.03. The van der Waals surface area contributed by atoms with E-state index < -0.39 is 0 Å². The molecule has 3 rings (SSSR count). The van der Waals surface area contributed by atoms with Gasteiger partial charge in [0, 0.05) is 32.5 Å². The average molecular weight is 432 g/mol. The average Bonchev–Trinajstić information content (AvgIpc) is 3.23. The summed E-state index contributed by atoms with van der Waals surface area (Å²) in [6.45, 7) is 11.9. The molecule has 172 valence electrons.